The molecular formula is C13H17BrClNO2. The number of hydrogen-bond donors (Lipinski definition) is 1. The molecule has 0 aliphatic rings. The summed E-state index contributed by atoms with van der Waals surface area (Å²) in [5.41, 5.74) is 0.472. The number of amides is 1. The average molecular weight is 335 g/mol. The number of carbonyl (C=O) groups is 1. The van der Waals surface area contributed by atoms with Crippen LogP contribution >= 0.6 is 27.5 Å². The third kappa shape index (κ3) is 4.96. The van der Waals surface area contributed by atoms with Crippen molar-refractivity contribution >= 4 is 33.4 Å². The van der Waals surface area contributed by atoms with Crippen molar-refractivity contribution in [3.05, 3.63) is 33.3 Å². The van der Waals surface area contributed by atoms with Crippen LogP contribution in [0, 0.1) is 0 Å². The fraction of sp³-hybridized carbons (Fsp3) is 0.462. The van der Waals surface area contributed by atoms with Crippen LogP contribution in [0.25, 0.3) is 0 Å². The van der Waals surface area contributed by atoms with Gasteiger partial charge in [-0.15, -0.1) is 0 Å². The van der Waals surface area contributed by atoms with Crippen LogP contribution in [0.15, 0.2) is 22.7 Å². The second kappa shape index (κ2) is 8.51. The van der Waals surface area contributed by atoms with Crippen molar-refractivity contribution in [1.29, 1.82) is 0 Å². The number of rotatable bonds is 7. The van der Waals surface area contributed by atoms with Gasteiger partial charge in [-0.2, -0.15) is 0 Å². The first-order valence-corrected chi connectivity index (χ1v) is 7.14. The Morgan fingerprint density at radius 2 is 2.22 bits per heavy atom. The summed E-state index contributed by atoms with van der Waals surface area (Å²) in [5.74, 6) is -0.180. The van der Waals surface area contributed by atoms with Crippen molar-refractivity contribution in [2.24, 2.45) is 0 Å². The smallest absolute Gasteiger partial charge is 0.252 e. The third-order valence-corrected chi connectivity index (χ3v) is 3.67. The summed E-state index contributed by atoms with van der Waals surface area (Å²) < 4.78 is 6.08. The van der Waals surface area contributed by atoms with Crippen molar-refractivity contribution in [2.75, 3.05) is 19.8 Å². The van der Waals surface area contributed by atoms with Crippen LogP contribution < -0.4 is 5.32 Å². The number of carbonyl (C=O) groups excluding carboxylic acids is 1. The first-order valence-electron chi connectivity index (χ1n) is 5.96. The molecular weight excluding hydrogens is 318 g/mol. The second-order valence-electron chi connectivity index (χ2n) is 3.82. The number of unbranched alkanes of at least 4 members (excludes halogenated alkanes) is 1. The normalized spacial score (nSPS) is 10.4. The molecule has 0 aliphatic heterocycles. The van der Waals surface area contributed by atoms with E-state index in [1.165, 1.54) is 0 Å². The van der Waals surface area contributed by atoms with Gasteiger partial charge in [0.2, 0.25) is 0 Å². The molecule has 1 aromatic carbocycles. The lowest BCUT2D eigenvalue weighted by atomic mass is 10.2. The van der Waals surface area contributed by atoms with Gasteiger partial charge in [-0.3, -0.25) is 4.79 Å². The molecule has 0 unspecified atom stereocenters. The van der Waals surface area contributed by atoms with Crippen LogP contribution in [0.5, 0.6) is 0 Å². The zero-order valence-electron chi connectivity index (χ0n) is 10.3. The molecule has 1 N–H and O–H groups in total. The maximum atomic E-state index is 11.8. The van der Waals surface area contributed by atoms with E-state index in [-0.39, 0.29) is 5.91 Å². The first-order chi connectivity index (χ1) is 8.66. The minimum Gasteiger partial charge on any atom is -0.380 e. The van der Waals surface area contributed by atoms with Gasteiger partial charge in [0, 0.05) is 17.6 Å². The molecule has 3 nitrogen and oxygen atoms in total. The van der Waals surface area contributed by atoms with Crippen molar-refractivity contribution in [2.45, 2.75) is 19.8 Å². The molecule has 18 heavy (non-hydrogen) atoms. The molecule has 100 valence electrons. The van der Waals surface area contributed by atoms with Crippen LogP contribution in [0.2, 0.25) is 5.02 Å². The van der Waals surface area contributed by atoms with Gasteiger partial charge < -0.3 is 10.1 Å². The number of ether oxygens (including phenoxy) is 1. The Kier molecular flexibility index (Phi) is 7.32. The Balaban J connectivity index is 2.35. The van der Waals surface area contributed by atoms with E-state index in [0.29, 0.717) is 23.7 Å². The van der Waals surface area contributed by atoms with E-state index in [2.05, 4.69) is 28.2 Å². The zero-order chi connectivity index (χ0) is 13.4. The molecule has 0 aliphatic carbocycles. The molecule has 1 aromatic rings. The third-order valence-electron chi connectivity index (χ3n) is 2.37. The molecule has 0 saturated carbocycles. The molecule has 0 saturated heterocycles. The molecule has 5 heteroatoms. The molecule has 0 fully saturated rings. The summed E-state index contributed by atoms with van der Waals surface area (Å²) in [6.07, 6.45) is 2.16. The van der Waals surface area contributed by atoms with E-state index in [4.69, 9.17) is 16.3 Å². The summed E-state index contributed by atoms with van der Waals surface area (Å²) in [6.45, 7) is 3.87. The van der Waals surface area contributed by atoms with Gasteiger partial charge in [0.15, 0.2) is 0 Å². The topological polar surface area (TPSA) is 38.3 Å². The summed E-state index contributed by atoms with van der Waals surface area (Å²) in [6, 6.07) is 5.27. The van der Waals surface area contributed by atoms with Gasteiger partial charge >= 0.3 is 0 Å². The van der Waals surface area contributed by atoms with E-state index in [1.807, 2.05) is 0 Å². The molecule has 0 bridgehead atoms. The van der Waals surface area contributed by atoms with E-state index >= 15 is 0 Å². The first kappa shape index (κ1) is 15.5. The molecule has 1 amide bonds. The highest BCUT2D eigenvalue weighted by Gasteiger charge is 2.11. The maximum absolute atomic E-state index is 11.8. The standard InChI is InChI=1S/C13H17BrClNO2/c1-2-3-8-18-9-7-16-13(17)10-5-4-6-11(14)12(10)15/h4-6H,2-3,7-9H2,1H3,(H,16,17). The van der Waals surface area contributed by atoms with Crippen molar-refractivity contribution in [3.8, 4) is 0 Å². The molecule has 0 aromatic heterocycles. The highest BCUT2D eigenvalue weighted by molar-refractivity contribution is 9.10. The van der Waals surface area contributed by atoms with E-state index < -0.39 is 0 Å². The second-order valence-corrected chi connectivity index (χ2v) is 5.06. The van der Waals surface area contributed by atoms with Gasteiger partial charge in [0.05, 0.1) is 17.2 Å². The van der Waals surface area contributed by atoms with Gasteiger partial charge in [-0.25, -0.2) is 0 Å². The SMILES string of the molecule is CCCCOCCNC(=O)c1cccc(Br)c1Cl. The fourth-order valence-corrected chi connectivity index (χ4v) is 1.94. The monoisotopic (exact) mass is 333 g/mol. The number of halogens is 2. The Hall–Kier alpha value is -0.580. The lowest BCUT2D eigenvalue weighted by Gasteiger charge is -2.08. The molecule has 0 spiro atoms. The van der Waals surface area contributed by atoms with Crippen molar-refractivity contribution < 1.29 is 9.53 Å². The quantitative estimate of drug-likeness (QED) is 0.773. The van der Waals surface area contributed by atoms with Crippen LogP contribution in [0.1, 0.15) is 30.1 Å². The average Bonchev–Trinajstić information content (AvgIpc) is 2.36. The summed E-state index contributed by atoms with van der Waals surface area (Å²) >= 11 is 9.32. The molecule has 0 heterocycles. The minimum atomic E-state index is -0.180. The van der Waals surface area contributed by atoms with E-state index in [9.17, 15) is 4.79 Å². The van der Waals surface area contributed by atoms with Gasteiger partial charge in [0.1, 0.15) is 0 Å². The van der Waals surface area contributed by atoms with Crippen LogP contribution in [0.4, 0.5) is 0 Å². The number of nitrogens with one attached hydrogen (secondary N) is 1. The van der Waals surface area contributed by atoms with Crippen LogP contribution in [-0.2, 0) is 4.74 Å². The maximum Gasteiger partial charge on any atom is 0.252 e. The number of benzene rings is 1. The highest BCUT2D eigenvalue weighted by atomic mass is 79.9. The van der Waals surface area contributed by atoms with Crippen LogP contribution in [0.3, 0.4) is 0 Å². The zero-order valence-corrected chi connectivity index (χ0v) is 12.7. The van der Waals surface area contributed by atoms with E-state index in [1.54, 1.807) is 18.2 Å². The predicted octanol–water partition coefficient (Wildman–Crippen LogP) is 3.65. The molecule has 1 rings (SSSR count). The van der Waals surface area contributed by atoms with Crippen LogP contribution in [-0.4, -0.2) is 25.7 Å². The Bertz CT molecular complexity index is 399. The largest absolute Gasteiger partial charge is 0.380 e. The summed E-state index contributed by atoms with van der Waals surface area (Å²) in [4.78, 5) is 11.8. The van der Waals surface area contributed by atoms with Gasteiger partial charge in [-0.05, 0) is 34.5 Å². The Morgan fingerprint density at radius 1 is 1.44 bits per heavy atom. The molecule has 0 radical (unpaired) electrons. The summed E-state index contributed by atoms with van der Waals surface area (Å²) in [7, 11) is 0. The Labute approximate surface area is 121 Å². The highest BCUT2D eigenvalue weighted by Crippen LogP contribution is 2.25. The molecule has 0 atom stereocenters. The lowest BCUT2D eigenvalue weighted by Crippen LogP contribution is -2.27. The Morgan fingerprint density at radius 3 is 2.94 bits per heavy atom. The lowest BCUT2D eigenvalue weighted by molar-refractivity contribution is 0.0913. The summed E-state index contributed by atoms with van der Waals surface area (Å²) in [5, 5.41) is 3.21. The van der Waals surface area contributed by atoms with Gasteiger partial charge in [-0.1, -0.05) is 31.0 Å². The van der Waals surface area contributed by atoms with E-state index in [0.717, 1.165) is 23.9 Å². The fourth-order valence-electron chi connectivity index (χ4n) is 1.36. The van der Waals surface area contributed by atoms with Crippen molar-refractivity contribution in [1.82, 2.24) is 5.32 Å². The van der Waals surface area contributed by atoms with Crippen molar-refractivity contribution in [3.63, 3.8) is 0 Å². The van der Waals surface area contributed by atoms with Gasteiger partial charge in [0.25, 0.3) is 5.91 Å². The number of hydrogen-bond acceptors (Lipinski definition) is 2. The predicted molar refractivity (Wildman–Crippen MR) is 77.2 cm³/mol. The minimum absolute atomic E-state index is 0.180.